The fourth-order valence-electron chi connectivity index (χ4n) is 1.95. The van der Waals surface area contributed by atoms with Crippen LogP contribution in [0.2, 0.25) is 0 Å². The highest BCUT2D eigenvalue weighted by molar-refractivity contribution is 5.67. The molecule has 2 aromatic rings. The molecule has 0 fully saturated rings. The van der Waals surface area contributed by atoms with E-state index >= 15 is 0 Å². The second-order valence-electron chi connectivity index (χ2n) is 5.07. The van der Waals surface area contributed by atoms with Crippen LogP contribution in [0.15, 0.2) is 48.5 Å². The zero-order valence-corrected chi connectivity index (χ0v) is 12.6. The summed E-state index contributed by atoms with van der Waals surface area (Å²) in [6.07, 6.45) is -4.55. The molecule has 0 aliphatic rings. The molecule has 1 amide bonds. The molecule has 24 heavy (non-hydrogen) atoms. The van der Waals surface area contributed by atoms with Gasteiger partial charge < -0.3 is 10.1 Å². The second kappa shape index (κ2) is 7.81. The molecule has 0 atom stereocenters. The molecule has 2 rings (SSSR count). The molecule has 0 saturated heterocycles. The third kappa shape index (κ3) is 5.57. The Hall–Kier alpha value is -2.57. The van der Waals surface area contributed by atoms with Crippen LogP contribution in [0.4, 0.5) is 22.4 Å². The number of hydrogen-bond donors (Lipinski definition) is 1. The molecule has 0 aliphatic heterocycles. The number of benzene rings is 2. The van der Waals surface area contributed by atoms with Crippen molar-refractivity contribution in [3.8, 4) is 0 Å². The Morgan fingerprint density at radius 1 is 0.958 bits per heavy atom. The molecule has 0 aliphatic carbocycles. The highest BCUT2D eigenvalue weighted by atomic mass is 19.4. The van der Waals surface area contributed by atoms with E-state index in [0.717, 1.165) is 17.7 Å². The monoisotopic (exact) mass is 341 g/mol. The zero-order valence-electron chi connectivity index (χ0n) is 12.6. The minimum absolute atomic E-state index is 0.124. The maximum atomic E-state index is 12.7. The number of alkyl halides is 3. The number of nitrogens with one attached hydrogen (secondary N) is 1. The molecule has 0 spiro atoms. The number of ether oxygens (including phenoxy) is 1. The molecular formula is C17H15F4NO2. The molecule has 0 aromatic heterocycles. The number of hydrogen-bond acceptors (Lipinski definition) is 2. The first-order chi connectivity index (χ1) is 11.3. The van der Waals surface area contributed by atoms with Gasteiger partial charge in [0, 0.05) is 6.54 Å². The fraction of sp³-hybridized carbons (Fsp3) is 0.235. The van der Waals surface area contributed by atoms with E-state index in [2.05, 4.69) is 5.32 Å². The first-order valence-corrected chi connectivity index (χ1v) is 7.16. The summed E-state index contributed by atoms with van der Waals surface area (Å²) >= 11 is 0. The molecule has 3 nitrogen and oxygen atoms in total. The molecule has 0 heterocycles. The predicted octanol–water partition coefficient (Wildman–Crippen LogP) is 4.31. The van der Waals surface area contributed by atoms with Gasteiger partial charge in [-0.25, -0.2) is 9.18 Å². The molecule has 0 bridgehead atoms. The third-order valence-electron chi connectivity index (χ3n) is 3.25. The van der Waals surface area contributed by atoms with E-state index in [1.54, 1.807) is 12.1 Å². The van der Waals surface area contributed by atoms with Gasteiger partial charge in [-0.15, -0.1) is 0 Å². The van der Waals surface area contributed by atoms with Crippen molar-refractivity contribution in [2.75, 3.05) is 6.54 Å². The largest absolute Gasteiger partial charge is 0.445 e. The van der Waals surface area contributed by atoms with Crippen LogP contribution < -0.4 is 5.32 Å². The van der Waals surface area contributed by atoms with E-state index in [1.807, 2.05) is 0 Å². The normalized spacial score (nSPS) is 11.2. The van der Waals surface area contributed by atoms with Crippen molar-refractivity contribution in [1.29, 1.82) is 0 Å². The second-order valence-corrected chi connectivity index (χ2v) is 5.07. The Kier molecular flexibility index (Phi) is 5.78. The van der Waals surface area contributed by atoms with Gasteiger partial charge in [0.1, 0.15) is 12.4 Å². The molecular weight excluding hydrogens is 326 g/mol. The SMILES string of the molecule is O=C(NCCc1ccc(F)cc1)OCc1ccc(C(F)(F)F)cc1. The summed E-state index contributed by atoms with van der Waals surface area (Å²) in [4.78, 5) is 11.5. The first kappa shape index (κ1) is 17.8. The van der Waals surface area contributed by atoms with Crippen molar-refractivity contribution >= 4 is 6.09 Å². The summed E-state index contributed by atoms with van der Waals surface area (Å²) in [5.74, 6) is -0.331. The molecule has 128 valence electrons. The minimum Gasteiger partial charge on any atom is -0.445 e. The zero-order chi connectivity index (χ0) is 17.6. The molecule has 0 radical (unpaired) electrons. The van der Waals surface area contributed by atoms with E-state index in [0.29, 0.717) is 18.5 Å². The summed E-state index contributed by atoms with van der Waals surface area (Å²) < 4.78 is 54.9. The number of rotatable bonds is 5. The van der Waals surface area contributed by atoms with Crippen LogP contribution in [0.5, 0.6) is 0 Å². The highest BCUT2D eigenvalue weighted by Crippen LogP contribution is 2.29. The molecule has 2 aromatic carbocycles. The minimum atomic E-state index is -4.39. The Balaban J connectivity index is 1.72. The Morgan fingerprint density at radius 3 is 2.12 bits per heavy atom. The van der Waals surface area contributed by atoms with Gasteiger partial charge in [0.05, 0.1) is 5.56 Å². The van der Waals surface area contributed by atoms with E-state index in [4.69, 9.17) is 4.74 Å². The van der Waals surface area contributed by atoms with Gasteiger partial charge in [-0.3, -0.25) is 0 Å². The van der Waals surface area contributed by atoms with Crippen LogP contribution in [0.1, 0.15) is 16.7 Å². The lowest BCUT2D eigenvalue weighted by molar-refractivity contribution is -0.137. The Morgan fingerprint density at radius 2 is 1.54 bits per heavy atom. The molecule has 7 heteroatoms. The van der Waals surface area contributed by atoms with Gasteiger partial charge in [-0.2, -0.15) is 13.2 Å². The Labute approximate surface area is 136 Å². The smallest absolute Gasteiger partial charge is 0.416 e. The van der Waals surface area contributed by atoms with Crippen molar-refractivity contribution in [2.24, 2.45) is 0 Å². The summed E-state index contributed by atoms with van der Waals surface area (Å²) in [5.41, 5.74) is 0.561. The molecule has 0 saturated carbocycles. The number of amides is 1. The van der Waals surface area contributed by atoms with Gasteiger partial charge in [0.15, 0.2) is 0 Å². The van der Waals surface area contributed by atoms with E-state index in [9.17, 15) is 22.4 Å². The van der Waals surface area contributed by atoms with Crippen LogP contribution in [-0.4, -0.2) is 12.6 Å². The third-order valence-corrected chi connectivity index (χ3v) is 3.25. The average molecular weight is 341 g/mol. The van der Waals surface area contributed by atoms with Gasteiger partial charge in [0.25, 0.3) is 0 Å². The lowest BCUT2D eigenvalue weighted by Gasteiger charge is -2.09. The van der Waals surface area contributed by atoms with Crippen molar-refractivity contribution < 1.29 is 27.1 Å². The van der Waals surface area contributed by atoms with E-state index < -0.39 is 17.8 Å². The number of alkyl carbamates (subject to hydrolysis) is 1. The lowest BCUT2D eigenvalue weighted by Crippen LogP contribution is -2.26. The lowest BCUT2D eigenvalue weighted by atomic mass is 10.1. The van der Waals surface area contributed by atoms with E-state index in [1.165, 1.54) is 24.3 Å². The van der Waals surface area contributed by atoms with Crippen LogP contribution in [0.3, 0.4) is 0 Å². The van der Waals surface area contributed by atoms with Gasteiger partial charge in [-0.05, 0) is 41.8 Å². The Bertz CT molecular complexity index is 666. The highest BCUT2D eigenvalue weighted by Gasteiger charge is 2.29. The van der Waals surface area contributed by atoms with Gasteiger partial charge >= 0.3 is 12.3 Å². The number of carbonyl (C=O) groups is 1. The van der Waals surface area contributed by atoms with Crippen LogP contribution in [0.25, 0.3) is 0 Å². The summed E-state index contributed by atoms with van der Waals surface area (Å²) in [6, 6.07) is 10.3. The number of carbonyl (C=O) groups excluding carboxylic acids is 1. The van der Waals surface area contributed by atoms with Gasteiger partial charge in [-0.1, -0.05) is 24.3 Å². The van der Waals surface area contributed by atoms with Crippen molar-refractivity contribution in [1.82, 2.24) is 5.32 Å². The van der Waals surface area contributed by atoms with Crippen molar-refractivity contribution in [2.45, 2.75) is 19.2 Å². The van der Waals surface area contributed by atoms with Crippen molar-refractivity contribution in [3.63, 3.8) is 0 Å². The molecule has 0 unspecified atom stereocenters. The standard InChI is InChI=1S/C17H15F4NO2/c18-15-7-3-12(4-8-15)9-10-22-16(23)24-11-13-1-5-14(6-2-13)17(19,20)21/h1-8H,9-11H2,(H,22,23). The van der Waals surface area contributed by atoms with Crippen molar-refractivity contribution in [3.05, 3.63) is 71.0 Å². The summed E-state index contributed by atoms with van der Waals surface area (Å²) in [7, 11) is 0. The maximum absolute atomic E-state index is 12.7. The van der Waals surface area contributed by atoms with Crippen LogP contribution >= 0.6 is 0 Å². The van der Waals surface area contributed by atoms with Crippen LogP contribution in [-0.2, 0) is 23.9 Å². The topological polar surface area (TPSA) is 38.3 Å². The molecule has 1 N–H and O–H groups in total. The number of halogens is 4. The maximum Gasteiger partial charge on any atom is 0.416 e. The van der Waals surface area contributed by atoms with Gasteiger partial charge in [0.2, 0.25) is 0 Å². The summed E-state index contributed by atoms with van der Waals surface area (Å²) in [5, 5.41) is 2.52. The van der Waals surface area contributed by atoms with Crippen LogP contribution in [0, 0.1) is 5.82 Å². The first-order valence-electron chi connectivity index (χ1n) is 7.16. The average Bonchev–Trinajstić information content (AvgIpc) is 2.54. The summed E-state index contributed by atoms with van der Waals surface area (Å²) in [6.45, 7) is 0.179. The quantitative estimate of drug-likeness (QED) is 0.823. The van der Waals surface area contributed by atoms with E-state index in [-0.39, 0.29) is 12.4 Å². The fourth-order valence-corrected chi connectivity index (χ4v) is 1.95. The predicted molar refractivity (Wildman–Crippen MR) is 79.7 cm³/mol.